The number of methoxy groups -OCH3 is 1. The Labute approximate surface area is 103 Å². The molecule has 5 nitrogen and oxygen atoms in total. The first-order valence-electron chi connectivity index (χ1n) is 4.68. The molecular weight excluding hydrogens is 248 g/mol. The lowest BCUT2D eigenvalue weighted by Crippen LogP contribution is -2.22. The second kappa shape index (κ2) is 5.05. The Morgan fingerprint density at radius 1 is 1.29 bits per heavy atom. The van der Waals surface area contributed by atoms with Crippen LogP contribution in [0.3, 0.4) is 0 Å². The van der Waals surface area contributed by atoms with Gasteiger partial charge in [0.25, 0.3) is 0 Å². The van der Waals surface area contributed by atoms with E-state index in [-0.39, 0.29) is 16.3 Å². The quantitative estimate of drug-likeness (QED) is 0.806. The van der Waals surface area contributed by atoms with Crippen LogP contribution in [-0.2, 0) is 9.59 Å². The van der Waals surface area contributed by atoms with Crippen molar-refractivity contribution in [2.75, 3.05) is 7.11 Å². The number of aliphatic carboxylic acids is 2. The van der Waals surface area contributed by atoms with Crippen molar-refractivity contribution in [1.29, 1.82) is 0 Å². The maximum atomic E-state index is 11.0. The van der Waals surface area contributed by atoms with E-state index >= 15 is 0 Å². The van der Waals surface area contributed by atoms with E-state index in [1.54, 1.807) is 13.0 Å². The van der Waals surface area contributed by atoms with Crippen molar-refractivity contribution in [2.24, 2.45) is 0 Å². The zero-order chi connectivity index (χ0) is 13.2. The van der Waals surface area contributed by atoms with Crippen LogP contribution in [0.1, 0.15) is 17.0 Å². The van der Waals surface area contributed by atoms with Gasteiger partial charge in [-0.3, -0.25) is 9.59 Å². The molecule has 0 saturated heterocycles. The number of benzene rings is 1. The molecule has 0 amide bonds. The van der Waals surface area contributed by atoms with Crippen LogP contribution in [0.25, 0.3) is 0 Å². The summed E-state index contributed by atoms with van der Waals surface area (Å²) >= 11 is 5.89. The summed E-state index contributed by atoms with van der Waals surface area (Å²) in [6.45, 7) is 1.74. The summed E-state index contributed by atoms with van der Waals surface area (Å²) in [6.07, 6.45) is 0. The minimum atomic E-state index is -1.74. The molecule has 0 aliphatic carbocycles. The summed E-state index contributed by atoms with van der Waals surface area (Å²) in [5, 5.41) is 17.9. The summed E-state index contributed by atoms with van der Waals surface area (Å²) in [5.41, 5.74) is 0.713. The summed E-state index contributed by atoms with van der Waals surface area (Å²) in [7, 11) is 1.33. The number of carbonyl (C=O) groups is 2. The van der Waals surface area contributed by atoms with Crippen LogP contribution in [0.2, 0.25) is 5.02 Å². The average Bonchev–Trinajstić information content (AvgIpc) is 2.20. The highest BCUT2D eigenvalue weighted by Gasteiger charge is 2.33. The molecule has 92 valence electrons. The third-order valence-electron chi connectivity index (χ3n) is 2.24. The van der Waals surface area contributed by atoms with Gasteiger partial charge in [-0.15, -0.1) is 0 Å². The van der Waals surface area contributed by atoms with E-state index < -0.39 is 17.9 Å². The van der Waals surface area contributed by atoms with Crippen molar-refractivity contribution in [3.05, 3.63) is 28.3 Å². The topological polar surface area (TPSA) is 83.8 Å². The molecule has 0 fully saturated rings. The highest BCUT2D eigenvalue weighted by atomic mass is 35.5. The zero-order valence-electron chi connectivity index (χ0n) is 9.23. The van der Waals surface area contributed by atoms with Crippen molar-refractivity contribution < 1.29 is 24.5 Å². The molecule has 0 aliphatic heterocycles. The smallest absolute Gasteiger partial charge is 0.322 e. The van der Waals surface area contributed by atoms with E-state index in [9.17, 15) is 9.59 Å². The van der Waals surface area contributed by atoms with Gasteiger partial charge in [-0.25, -0.2) is 0 Å². The lowest BCUT2D eigenvalue weighted by Gasteiger charge is -2.15. The standard InChI is InChI=1S/C11H11ClO5/c1-5-3-6(12)8(7(4-5)17-2)9(10(13)14)11(15)16/h3-4,9H,1-2H3,(H,13,14)(H,15,16). The number of rotatable bonds is 4. The molecule has 0 heterocycles. The van der Waals surface area contributed by atoms with Crippen molar-refractivity contribution in [3.8, 4) is 5.75 Å². The molecule has 0 atom stereocenters. The van der Waals surface area contributed by atoms with Gasteiger partial charge in [-0.05, 0) is 24.6 Å². The van der Waals surface area contributed by atoms with Crippen molar-refractivity contribution in [2.45, 2.75) is 12.8 Å². The van der Waals surface area contributed by atoms with Crippen LogP contribution in [0.4, 0.5) is 0 Å². The van der Waals surface area contributed by atoms with Crippen LogP contribution >= 0.6 is 11.6 Å². The number of aryl methyl sites for hydroxylation is 1. The Morgan fingerprint density at radius 2 is 1.82 bits per heavy atom. The van der Waals surface area contributed by atoms with E-state index in [2.05, 4.69) is 0 Å². The number of ether oxygens (including phenoxy) is 1. The first-order valence-corrected chi connectivity index (χ1v) is 5.06. The molecule has 2 N–H and O–H groups in total. The van der Waals surface area contributed by atoms with E-state index in [0.717, 1.165) is 5.56 Å². The van der Waals surface area contributed by atoms with Crippen LogP contribution in [0.5, 0.6) is 5.75 Å². The molecule has 0 spiro atoms. The van der Waals surface area contributed by atoms with E-state index in [1.807, 2.05) is 0 Å². The molecule has 17 heavy (non-hydrogen) atoms. The third-order valence-corrected chi connectivity index (χ3v) is 2.55. The largest absolute Gasteiger partial charge is 0.496 e. The maximum Gasteiger partial charge on any atom is 0.322 e. The number of hydrogen-bond donors (Lipinski definition) is 2. The molecular formula is C11H11ClO5. The van der Waals surface area contributed by atoms with Crippen LogP contribution in [-0.4, -0.2) is 29.3 Å². The van der Waals surface area contributed by atoms with Crippen LogP contribution in [0.15, 0.2) is 12.1 Å². The van der Waals surface area contributed by atoms with E-state index in [1.165, 1.54) is 13.2 Å². The van der Waals surface area contributed by atoms with Gasteiger partial charge in [0, 0.05) is 10.6 Å². The van der Waals surface area contributed by atoms with Crippen molar-refractivity contribution >= 4 is 23.5 Å². The second-order valence-corrected chi connectivity index (χ2v) is 3.88. The first-order chi connectivity index (χ1) is 7.88. The van der Waals surface area contributed by atoms with Crippen LogP contribution in [0, 0.1) is 6.92 Å². The predicted octanol–water partition coefficient (Wildman–Crippen LogP) is 1.91. The average molecular weight is 259 g/mol. The molecule has 6 heteroatoms. The molecule has 0 aromatic heterocycles. The highest BCUT2D eigenvalue weighted by molar-refractivity contribution is 6.32. The monoisotopic (exact) mass is 258 g/mol. The minimum absolute atomic E-state index is 0.0419. The third kappa shape index (κ3) is 2.68. The van der Waals surface area contributed by atoms with Crippen molar-refractivity contribution in [1.82, 2.24) is 0 Å². The Balaban J connectivity index is 3.47. The Bertz CT molecular complexity index is 455. The normalized spacial score (nSPS) is 10.4. The lowest BCUT2D eigenvalue weighted by molar-refractivity contribution is -0.150. The molecule has 0 bridgehead atoms. The van der Waals surface area contributed by atoms with Gasteiger partial charge < -0.3 is 14.9 Å². The van der Waals surface area contributed by atoms with Gasteiger partial charge in [-0.1, -0.05) is 11.6 Å². The van der Waals surface area contributed by atoms with Gasteiger partial charge in [0.15, 0.2) is 5.92 Å². The Morgan fingerprint density at radius 3 is 2.24 bits per heavy atom. The Hall–Kier alpha value is -1.75. The molecule has 0 radical (unpaired) electrons. The Kier molecular flexibility index (Phi) is 3.96. The number of carboxylic acid groups (broad SMARTS) is 2. The lowest BCUT2D eigenvalue weighted by atomic mass is 9.97. The highest BCUT2D eigenvalue weighted by Crippen LogP contribution is 2.35. The summed E-state index contributed by atoms with van der Waals surface area (Å²) in [5.74, 6) is -4.55. The number of carboxylic acids is 2. The van der Waals surface area contributed by atoms with Crippen LogP contribution < -0.4 is 4.74 Å². The molecule has 1 aromatic carbocycles. The number of halogens is 1. The van der Waals surface area contributed by atoms with E-state index in [4.69, 9.17) is 26.6 Å². The minimum Gasteiger partial charge on any atom is -0.496 e. The zero-order valence-corrected chi connectivity index (χ0v) is 9.99. The predicted molar refractivity (Wildman–Crippen MR) is 60.8 cm³/mol. The van der Waals surface area contributed by atoms with Gasteiger partial charge in [-0.2, -0.15) is 0 Å². The van der Waals surface area contributed by atoms with Crippen molar-refractivity contribution in [3.63, 3.8) is 0 Å². The second-order valence-electron chi connectivity index (χ2n) is 3.47. The fourth-order valence-corrected chi connectivity index (χ4v) is 1.90. The summed E-state index contributed by atoms with van der Waals surface area (Å²) in [6, 6.07) is 3.04. The maximum absolute atomic E-state index is 11.0. The summed E-state index contributed by atoms with van der Waals surface area (Å²) in [4.78, 5) is 21.9. The fourth-order valence-electron chi connectivity index (χ4n) is 1.52. The molecule has 1 rings (SSSR count). The molecule has 1 aromatic rings. The number of hydrogen-bond acceptors (Lipinski definition) is 3. The van der Waals surface area contributed by atoms with E-state index in [0.29, 0.717) is 0 Å². The molecule has 0 unspecified atom stereocenters. The SMILES string of the molecule is COc1cc(C)cc(Cl)c1C(C(=O)O)C(=O)O. The molecule has 0 aliphatic rings. The fraction of sp³-hybridized carbons (Fsp3) is 0.273. The molecule has 0 saturated carbocycles. The van der Waals surface area contributed by atoms with Gasteiger partial charge in [0.1, 0.15) is 5.75 Å². The van der Waals surface area contributed by atoms with Gasteiger partial charge in [0.05, 0.1) is 7.11 Å². The van der Waals surface area contributed by atoms with Gasteiger partial charge >= 0.3 is 11.9 Å². The van der Waals surface area contributed by atoms with Gasteiger partial charge in [0.2, 0.25) is 0 Å². The first kappa shape index (κ1) is 13.3. The summed E-state index contributed by atoms with van der Waals surface area (Å²) < 4.78 is 4.98.